The van der Waals surface area contributed by atoms with Gasteiger partial charge < -0.3 is 5.43 Å². The molecule has 0 radical (unpaired) electrons. The van der Waals surface area contributed by atoms with Crippen LogP contribution in [-0.4, -0.2) is 4.98 Å². The van der Waals surface area contributed by atoms with Crippen LogP contribution in [0.25, 0.3) is 10.9 Å². The van der Waals surface area contributed by atoms with Crippen molar-refractivity contribution in [1.82, 2.24) is 4.98 Å². The van der Waals surface area contributed by atoms with Crippen molar-refractivity contribution in [2.24, 2.45) is 5.84 Å². The van der Waals surface area contributed by atoms with E-state index < -0.39 is 0 Å². The summed E-state index contributed by atoms with van der Waals surface area (Å²) in [5.41, 5.74) is 5.66. The van der Waals surface area contributed by atoms with Crippen LogP contribution < -0.4 is 11.3 Å². The molecule has 3 nitrogen and oxygen atoms in total. The zero-order chi connectivity index (χ0) is 13.3. The second-order valence-corrected chi connectivity index (χ2v) is 6.02. The first-order valence-electron chi connectivity index (χ1n) is 6.05. The Bertz CT molecular complexity index is 579. The summed E-state index contributed by atoms with van der Waals surface area (Å²) >= 11 is 3.48. The third-order valence-corrected chi connectivity index (χ3v) is 3.95. The van der Waals surface area contributed by atoms with Crippen LogP contribution in [0.1, 0.15) is 32.9 Å². The highest BCUT2D eigenvalue weighted by Gasteiger charge is 2.23. The van der Waals surface area contributed by atoms with Gasteiger partial charge in [0, 0.05) is 15.3 Å². The Morgan fingerprint density at radius 1 is 1.33 bits per heavy atom. The van der Waals surface area contributed by atoms with Crippen molar-refractivity contribution in [1.29, 1.82) is 0 Å². The molecule has 0 bridgehead atoms. The number of halogens is 1. The average Bonchev–Trinajstić information content (AvgIpc) is 2.37. The normalized spacial score (nSPS) is 11.8. The molecule has 2 aromatic rings. The number of nitrogens with two attached hydrogens (primary N) is 1. The molecule has 0 saturated heterocycles. The van der Waals surface area contributed by atoms with Gasteiger partial charge in [0.2, 0.25) is 0 Å². The van der Waals surface area contributed by atoms with Crippen LogP contribution in [0.2, 0.25) is 0 Å². The number of nitrogens with one attached hydrogen (secondary N) is 1. The quantitative estimate of drug-likeness (QED) is 0.666. The van der Waals surface area contributed by atoms with Gasteiger partial charge in [-0.1, -0.05) is 42.8 Å². The third-order valence-electron chi connectivity index (χ3n) is 3.46. The molecule has 3 N–H and O–H groups in total. The molecule has 0 fully saturated rings. The predicted octanol–water partition coefficient (Wildman–Crippen LogP) is 3.97. The molecule has 96 valence electrons. The van der Waals surface area contributed by atoms with Gasteiger partial charge in [-0.3, -0.25) is 10.8 Å². The Labute approximate surface area is 116 Å². The Hall–Kier alpha value is -1.13. The minimum atomic E-state index is -0.00177. The van der Waals surface area contributed by atoms with Gasteiger partial charge in [-0.25, -0.2) is 0 Å². The molecule has 18 heavy (non-hydrogen) atoms. The van der Waals surface area contributed by atoms with E-state index in [1.165, 1.54) is 0 Å². The Morgan fingerprint density at radius 2 is 2.06 bits per heavy atom. The number of hydrogen-bond donors (Lipinski definition) is 2. The summed E-state index contributed by atoms with van der Waals surface area (Å²) in [7, 11) is 0. The summed E-state index contributed by atoms with van der Waals surface area (Å²) in [6.07, 6.45) is 1.01. The molecule has 0 aliphatic heterocycles. The number of fused-ring (bicyclic) bond motifs is 1. The predicted molar refractivity (Wildman–Crippen MR) is 80.6 cm³/mol. The maximum atomic E-state index is 5.62. The van der Waals surface area contributed by atoms with E-state index >= 15 is 0 Å². The van der Waals surface area contributed by atoms with Gasteiger partial charge in [-0.15, -0.1) is 0 Å². The molecule has 0 spiro atoms. The van der Waals surface area contributed by atoms with Gasteiger partial charge in [0.15, 0.2) is 0 Å². The van der Waals surface area contributed by atoms with Gasteiger partial charge in [-0.05, 0) is 24.6 Å². The second-order valence-electron chi connectivity index (χ2n) is 5.10. The van der Waals surface area contributed by atoms with Gasteiger partial charge in [0.25, 0.3) is 0 Å². The summed E-state index contributed by atoms with van der Waals surface area (Å²) in [6.45, 7) is 6.52. The average molecular weight is 308 g/mol. The van der Waals surface area contributed by atoms with Crippen molar-refractivity contribution in [3.05, 3.63) is 34.4 Å². The number of aromatic nitrogens is 1. The fourth-order valence-electron chi connectivity index (χ4n) is 1.93. The highest BCUT2D eigenvalue weighted by atomic mass is 79.9. The van der Waals surface area contributed by atoms with Crippen molar-refractivity contribution in [2.45, 2.75) is 32.6 Å². The lowest BCUT2D eigenvalue weighted by atomic mass is 9.85. The number of hydrogen-bond acceptors (Lipinski definition) is 3. The van der Waals surface area contributed by atoms with Crippen LogP contribution in [0.3, 0.4) is 0 Å². The fraction of sp³-hybridized carbons (Fsp3) is 0.357. The molecule has 1 aromatic heterocycles. The van der Waals surface area contributed by atoms with E-state index in [0.29, 0.717) is 0 Å². The molecule has 0 aliphatic rings. The molecule has 0 unspecified atom stereocenters. The first-order chi connectivity index (χ1) is 8.47. The maximum absolute atomic E-state index is 5.62. The summed E-state index contributed by atoms with van der Waals surface area (Å²) in [6, 6.07) is 8.14. The Kier molecular flexibility index (Phi) is 3.59. The lowest BCUT2D eigenvalue weighted by molar-refractivity contribution is 0.494. The highest BCUT2D eigenvalue weighted by Crippen LogP contribution is 2.33. The number of rotatable bonds is 3. The Morgan fingerprint density at radius 3 is 2.67 bits per heavy atom. The van der Waals surface area contributed by atoms with Crippen LogP contribution in [0.4, 0.5) is 5.69 Å². The van der Waals surface area contributed by atoms with E-state index in [1.807, 2.05) is 18.2 Å². The monoisotopic (exact) mass is 307 g/mol. The molecule has 1 aromatic carbocycles. The number of benzene rings is 1. The largest absolute Gasteiger partial charge is 0.322 e. The molecule has 0 amide bonds. The Balaban J connectivity index is 2.71. The van der Waals surface area contributed by atoms with Gasteiger partial charge in [0.1, 0.15) is 0 Å². The standard InChI is InChI=1S/C14H18BrN3/c1-4-14(2,3)13-12(18-16)7-9-5-6-10(15)8-11(9)17-13/h5-8,18H,4,16H2,1-3H3. The molecule has 0 aliphatic carbocycles. The van der Waals surface area contributed by atoms with Gasteiger partial charge >= 0.3 is 0 Å². The summed E-state index contributed by atoms with van der Waals surface area (Å²) in [4.78, 5) is 4.78. The number of nitrogen functional groups attached to an aromatic ring is 1. The lowest BCUT2D eigenvalue weighted by Crippen LogP contribution is -2.22. The number of nitrogens with zero attached hydrogens (tertiary/aromatic N) is 1. The molecular formula is C14H18BrN3. The van der Waals surface area contributed by atoms with Gasteiger partial charge in [-0.2, -0.15) is 0 Å². The highest BCUT2D eigenvalue weighted by molar-refractivity contribution is 9.10. The minimum absolute atomic E-state index is 0.00177. The summed E-state index contributed by atoms with van der Waals surface area (Å²) in [5.74, 6) is 5.62. The molecule has 4 heteroatoms. The van der Waals surface area contributed by atoms with Crippen LogP contribution >= 0.6 is 15.9 Å². The lowest BCUT2D eigenvalue weighted by Gasteiger charge is -2.25. The minimum Gasteiger partial charge on any atom is -0.322 e. The van der Waals surface area contributed by atoms with Crippen molar-refractivity contribution in [3.63, 3.8) is 0 Å². The van der Waals surface area contributed by atoms with Crippen LogP contribution in [0, 0.1) is 0 Å². The fourth-order valence-corrected chi connectivity index (χ4v) is 2.28. The second kappa shape index (κ2) is 4.86. The van der Waals surface area contributed by atoms with E-state index in [4.69, 9.17) is 10.8 Å². The van der Waals surface area contributed by atoms with Crippen molar-refractivity contribution >= 4 is 32.5 Å². The third kappa shape index (κ3) is 2.35. The first kappa shape index (κ1) is 13.3. The molecular weight excluding hydrogens is 290 g/mol. The van der Waals surface area contributed by atoms with E-state index in [9.17, 15) is 0 Å². The molecule has 0 saturated carbocycles. The van der Waals surface area contributed by atoms with E-state index in [2.05, 4.69) is 48.2 Å². The number of pyridine rings is 1. The number of hydrazine groups is 1. The zero-order valence-corrected chi connectivity index (χ0v) is 12.5. The topological polar surface area (TPSA) is 50.9 Å². The van der Waals surface area contributed by atoms with E-state index in [-0.39, 0.29) is 5.41 Å². The summed E-state index contributed by atoms with van der Waals surface area (Å²) in [5, 5.41) is 1.09. The van der Waals surface area contributed by atoms with Crippen molar-refractivity contribution < 1.29 is 0 Å². The SMILES string of the molecule is CCC(C)(C)c1nc2cc(Br)ccc2cc1NN. The maximum Gasteiger partial charge on any atom is 0.0718 e. The molecule has 1 heterocycles. The van der Waals surface area contributed by atoms with Gasteiger partial charge in [0.05, 0.1) is 16.9 Å². The van der Waals surface area contributed by atoms with Crippen molar-refractivity contribution in [2.75, 3.05) is 5.43 Å². The summed E-state index contributed by atoms with van der Waals surface area (Å²) < 4.78 is 1.04. The molecule has 2 rings (SSSR count). The molecule has 0 atom stereocenters. The zero-order valence-electron chi connectivity index (χ0n) is 10.9. The van der Waals surface area contributed by atoms with Crippen LogP contribution in [0.15, 0.2) is 28.7 Å². The van der Waals surface area contributed by atoms with E-state index in [0.717, 1.165) is 33.2 Å². The van der Waals surface area contributed by atoms with Crippen molar-refractivity contribution in [3.8, 4) is 0 Å². The smallest absolute Gasteiger partial charge is 0.0718 e. The first-order valence-corrected chi connectivity index (χ1v) is 6.84. The van der Waals surface area contributed by atoms with E-state index in [1.54, 1.807) is 0 Å². The van der Waals surface area contributed by atoms with Crippen LogP contribution in [-0.2, 0) is 5.41 Å². The number of anilines is 1. The van der Waals surface area contributed by atoms with Crippen LogP contribution in [0.5, 0.6) is 0 Å².